The van der Waals surface area contributed by atoms with Crippen LogP contribution in [0.15, 0.2) is 83.1 Å². The third-order valence-corrected chi connectivity index (χ3v) is 6.39. The maximum absolute atomic E-state index is 13.1. The number of nitrogens with zero attached hydrogens (tertiary/aromatic N) is 3. The number of carbonyl (C=O) groups is 3. The van der Waals surface area contributed by atoms with Crippen LogP contribution in [0.5, 0.6) is 0 Å². The molecule has 1 aliphatic carbocycles. The van der Waals surface area contributed by atoms with Gasteiger partial charge in [0.2, 0.25) is 17.0 Å². The number of nitrogens with one attached hydrogen (secondary N) is 3. The van der Waals surface area contributed by atoms with Crippen molar-refractivity contribution in [1.82, 2.24) is 15.2 Å². The number of hydrogen-bond donors (Lipinski definition) is 3. The van der Waals surface area contributed by atoms with E-state index in [1.807, 2.05) is 37.3 Å². The molecule has 3 aromatic carbocycles. The summed E-state index contributed by atoms with van der Waals surface area (Å²) in [6.07, 6.45) is 0. The first kappa shape index (κ1) is 23.2. The average molecular weight is 497 g/mol. The molecule has 0 aliphatic heterocycles. The molecule has 1 heterocycles. The van der Waals surface area contributed by atoms with Crippen LogP contribution in [0.2, 0.25) is 0 Å². The number of ketones is 2. The number of hydrazone groups is 1. The quantitative estimate of drug-likeness (QED) is 0.175. The Hall–Kier alpha value is -4.57. The fraction of sp³-hybridized carbons (Fsp3) is 0.0769. The molecule has 10 heteroatoms. The van der Waals surface area contributed by atoms with Gasteiger partial charge < -0.3 is 5.32 Å². The number of carbonyl (C=O) groups excluding carboxylic acids is 3. The van der Waals surface area contributed by atoms with E-state index in [4.69, 9.17) is 0 Å². The highest BCUT2D eigenvalue weighted by Gasteiger charge is 2.31. The van der Waals surface area contributed by atoms with Gasteiger partial charge in [-0.2, -0.15) is 10.1 Å². The Morgan fingerprint density at radius 1 is 0.917 bits per heavy atom. The number of hydrogen-bond acceptors (Lipinski definition) is 8. The van der Waals surface area contributed by atoms with Gasteiger partial charge in [0.25, 0.3) is 0 Å². The standard InChI is InChI=1S/C26H20N6O3S/c1-15(16-8-3-2-4-9-16)29-30-25-28-26(32-31-25)36-14-21(33)27-20-13-7-12-19-22(20)24(35)18-11-6-5-10-17(18)23(19)34/h2-13H,14H2,1H3,(H,27,33)(H2,28,30,31,32)/b29-15+. The van der Waals surface area contributed by atoms with Crippen molar-refractivity contribution in [3.05, 3.63) is 101 Å². The summed E-state index contributed by atoms with van der Waals surface area (Å²) in [7, 11) is 0. The first-order valence-corrected chi connectivity index (χ1v) is 12.0. The van der Waals surface area contributed by atoms with Gasteiger partial charge in [-0.1, -0.05) is 78.5 Å². The van der Waals surface area contributed by atoms with E-state index in [1.54, 1.807) is 42.5 Å². The average Bonchev–Trinajstić information content (AvgIpc) is 3.37. The topological polar surface area (TPSA) is 129 Å². The highest BCUT2D eigenvalue weighted by atomic mass is 32.2. The van der Waals surface area contributed by atoms with Crippen molar-refractivity contribution in [3.8, 4) is 0 Å². The van der Waals surface area contributed by atoms with Crippen LogP contribution in [-0.4, -0.2) is 44.1 Å². The largest absolute Gasteiger partial charge is 0.325 e. The number of rotatable bonds is 7. The molecular weight excluding hydrogens is 476 g/mol. The zero-order chi connectivity index (χ0) is 25.1. The van der Waals surface area contributed by atoms with Crippen LogP contribution in [0.4, 0.5) is 11.6 Å². The van der Waals surface area contributed by atoms with E-state index >= 15 is 0 Å². The second-order valence-electron chi connectivity index (χ2n) is 7.91. The summed E-state index contributed by atoms with van der Waals surface area (Å²) < 4.78 is 0. The van der Waals surface area contributed by atoms with Crippen LogP contribution in [-0.2, 0) is 4.79 Å². The van der Waals surface area contributed by atoms with Gasteiger partial charge >= 0.3 is 0 Å². The van der Waals surface area contributed by atoms with Crippen molar-refractivity contribution < 1.29 is 14.4 Å². The zero-order valence-corrected chi connectivity index (χ0v) is 19.9. The molecule has 4 aromatic rings. The van der Waals surface area contributed by atoms with Crippen LogP contribution < -0.4 is 10.7 Å². The van der Waals surface area contributed by atoms with Crippen molar-refractivity contribution >= 4 is 46.6 Å². The number of amides is 1. The maximum Gasteiger partial charge on any atom is 0.240 e. The lowest BCUT2D eigenvalue weighted by atomic mass is 9.83. The van der Waals surface area contributed by atoms with Gasteiger partial charge in [-0.05, 0) is 18.6 Å². The minimum absolute atomic E-state index is 0.00595. The first-order chi connectivity index (χ1) is 17.5. The molecule has 3 N–H and O–H groups in total. The molecule has 0 unspecified atom stereocenters. The van der Waals surface area contributed by atoms with Crippen LogP contribution in [0.25, 0.3) is 0 Å². The van der Waals surface area contributed by atoms with E-state index in [0.717, 1.165) is 23.0 Å². The van der Waals surface area contributed by atoms with Gasteiger partial charge in [0.15, 0.2) is 11.6 Å². The highest BCUT2D eigenvalue weighted by Crippen LogP contribution is 2.32. The van der Waals surface area contributed by atoms with E-state index in [9.17, 15) is 14.4 Å². The number of anilines is 2. The molecule has 0 spiro atoms. The molecule has 0 saturated heterocycles. The summed E-state index contributed by atoms with van der Waals surface area (Å²) in [4.78, 5) is 42.9. The molecule has 0 atom stereocenters. The van der Waals surface area contributed by atoms with E-state index in [1.165, 1.54) is 0 Å². The second-order valence-corrected chi connectivity index (χ2v) is 8.85. The van der Waals surface area contributed by atoms with E-state index < -0.39 is 0 Å². The van der Waals surface area contributed by atoms with Crippen molar-refractivity contribution in [2.45, 2.75) is 12.1 Å². The van der Waals surface area contributed by atoms with Crippen molar-refractivity contribution in [2.75, 3.05) is 16.5 Å². The lowest BCUT2D eigenvalue weighted by molar-refractivity contribution is -0.113. The fourth-order valence-electron chi connectivity index (χ4n) is 3.81. The SMILES string of the molecule is C/C(=N\Nc1nc(SCC(=O)Nc2cccc3c2C(=O)c2ccccc2C3=O)n[nH]1)c1ccccc1. The normalized spacial score (nSPS) is 12.6. The maximum atomic E-state index is 13.1. The Bertz CT molecular complexity index is 1510. The third-order valence-electron chi connectivity index (χ3n) is 5.54. The van der Waals surface area contributed by atoms with Gasteiger partial charge in [-0.25, -0.2) is 10.5 Å². The van der Waals surface area contributed by atoms with Gasteiger partial charge in [-0.3, -0.25) is 14.4 Å². The van der Waals surface area contributed by atoms with Crippen molar-refractivity contribution in [1.29, 1.82) is 0 Å². The summed E-state index contributed by atoms with van der Waals surface area (Å²) in [5.41, 5.74) is 6.05. The molecule has 36 heavy (non-hydrogen) atoms. The van der Waals surface area contributed by atoms with Gasteiger partial charge in [-0.15, -0.1) is 5.10 Å². The molecule has 1 aliphatic rings. The van der Waals surface area contributed by atoms with Crippen molar-refractivity contribution in [3.63, 3.8) is 0 Å². The predicted molar refractivity (Wildman–Crippen MR) is 138 cm³/mol. The summed E-state index contributed by atoms with van der Waals surface area (Å²) >= 11 is 1.12. The lowest BCUT2D eigenvalue weighted by Gasteiger charge is -2.20. The van der Waals surface area contributed by atoms with E-state index in [2.05, 4.69) is 31.0 Å². The molecule has 0 bridgehead atoms. The van der Waals surface area contributed by atoms with Crippen LogP contribution in [0.1, 0.15) is 44.3 Å². The third kappa shape index (κ3) is 4.66. The molecule has 5 rings (SSSR count). The number of thioether (sulfide) groups is 1. The number of fused-ring (bicyclic) bond motifs is 2. The molecule has 0 fully saturated rings. The Kier molecular flexibility index (Phi) is 6.42. The zero-order valence-electron chi connectivity index (χ0n) is 19.1. The number of H-pyrrole nitrogens is 1. The summed E-state index contributed by atoms with van der Waals surface area (Å²) in [5, 5.41) is 14.2. The summed E-state index contributed by atoms with van der Waals surface area (Å²) in [5.74, 6) is -0.541. The fourth-order valence-corrected chi connectivity index (χ4v) is 4.41. The molecule has 9 nitrogen and oxygen atoms in total. The predicted octanol–water partition coefficient (Wildman–Crippen LogP) is 4.15. The molecule has 1 amide bonds. The minimum atomic E-state index is -0.357. The number of benzene rings is 3. The Labute approximate surface area is 210 Å². The Balaban J connectivity index is 1.23. The molecule has 1 aromatic heterocycles. The lowest BCUT2D eigenvalue weighted by Crippen LogP contribution is -2.24. The second kappa shape index (κ2) is 9.96. The first-order valence-electron chi connectivity index (χ1n) is 11.0. The smallest absolute Gasteiger partial charge is 0.240 e. The van der Waals surface area contributed by atoms with Crippen LogP contribution in [0, 0.1) is 0 Å². The minimum Gasteiger partial charge on any atom is -0.325 e. The molecule has 178 valence electrons. The summed E-state index contributed by atoms with van der Waals surface area (Å²) in [6, 6.07) is 21.2. The molecular formula is C26H20N6O3S. The van der Waals surface area contributed by atoms with Gasteiger partial charge in [0.1, 0.15) is 0 Å². The van der Waals surface area contributed by atoms with Crippen molar-refractivity contribution in [2.24, 2.45) is 5.10 Å². The van der Waals surface area contributed by atoms with Gasteiger partial charge in [0, 0.05) is 16.7 Å². The van der Waals surface area contributed by atoms with Crippen LogP contribution >= 0.6 is 11.8 Å². The van der Waals surface area contributed by atoms with E-state index in [0.29, 0.717) is 27.9 Å². The molecule has 0 radical (unpaired) electrons. The van der Waals surface area contributed by atoms with E-state index in [-0.39, 0.29) is 34.4 Å². The number of aromatic amines is 1. The molecule has 0 saturated carbocycles. The monoisotopic (exact) mass is 496 g/mol. The van der Waals surface area contributed by atoms with Gasteiger partial charge in [0.05, 0.1) is 22.7 Å². The van der Waals surface area contributed by atoms with Crippen LogP contribution in [0.3, 0.4) is 0 Å². The Morgan fingerprint density at radius 2 is 1.61 bits per heavy atom. The Morgan fingerprint density at radius 3 is 2.39 bits per heavy atom. The highest BCUT2D eigenvalue weighted by molar-refractivity contribution is 7.99. The number of aromatic nitrogens is 3. The summed E-state index contributed by atoms with van der Waals surface area (Å²) in [6.45, 7) is 1.87.